The van der Waals surface area contributed by atoms with Gasteiger partial charge in [0.05, 0.1) is 18.2 Å². The molecule has 1 saturated carbocycles. The fraction of sp³-hybridized carbons (Fsp3) is 0.542. The molecule has 0 saturated heterocycles. The highest BCUT2D eigenvalue weighted by Gasteiger charge is 2.36. The molecular formula is C24H33N3O4. The number of carbonyl (C=O) groups excluding carboxylic acids is 3. The molecule has 1 aliphatic heterocycles. The first kappa shape index (κ1) is 22.8. The number of urea groups is 1. The highest BCUT2D eigenvalue weighted by Crippen LogP contribution is 2.32. The number of hydrogen-bond acceptors (Lipinski definition) is 4. The molecule has 7 nitrogen and oxygen atoms in total. The highest BCUT2D eigenvalue weighted by molar-refractivity contribution is 5.95. The van der Waals surface area contributed by atoms with Crippen LogP contribution in [0.25, 0.3) is 0 Å². The van der Waals surface area contributed by atoms with Gasteiger partial charge in [-0.1, -0.05) is 38.3 Å². The molecule has 3 amide bonds. The summed E-state index contributed by atoms with van der Waals surface area (Å²) in [6, 6.07) is 6.49. The third-order valence-electron chi connectivity index (χ3n) is 6.03. The molecule has 0 unspecified atom stereocenters. The SMILES string of the molecule is CCCN1C(=O)N[C@@H](c2ccc(NC(=O)C3CCCCC3)cc2)C(C(=O)OCC)=C1C. The number of carbonyl (C=O) groups is 3. The van der Waals surface area contributed by atoms with E-state index in [-0.39, 0.29) is 24.5 Å². The number of ether oxygens (including phenoxy) is 1. The third-order valence-corrected chi connectivity index (χ3v) is 6.03. The van der Waals surface area contributed by atoms with Crippen molar-refractivity contribution in [1.82, 2.24) is 10.2 Å². The molecule has 31 heavy (non-hydrogen) atoms. The van der Waals surface area contributed by atoms with Gasteiger partial charge in [0, 0.05) is 23.8 Å². The first-order chi connectivity index (χ1) is 15.0. The van der Waals surface area contributed by atoms with Crippen molar-refractivity contribution in [1.29, 1.82) is 0 Å². The normalized spacial score (nSPS) is 19.8. The van der Waals surface area contributed by atoms with Crippen molar-refractivity contribution >= 4 is 23.6 Å². The van der Waals surface area contributed by atoms with E-state index in [0.717, 1.165) is 37.7 Å². The summed E-state index contributed by atoms with van der Waals surface area (Å²) in [5.41, 5.74) is 2.53. The molecule has 1 aliphatic carbocycles. The van der Waals surface area contributed by atoms with Crippen LogP contribution in [-0.2, 0) is 14.3 Å². The van der Waals surface area contributed by atoms with Crippen molar-refractivity contribution in [2.75, 3.05) is 18.5 Å². The summed E-state index contributed by atoms with van der Waals surface area (Å²) in [5, 5.41) is 5.94. The average Bonchev–Trinajstić information content (AvgIpc) is 2.77. The fourth-order valence-electron chi connectivity index (χ4n) is 4.37. The number of hydrogen-bond donors (Lipinski definition) is 2. The predicted octanol–water partition coefficient (Wildman–Crippen LogP) is 4.52. The van der Waals surface area contributed by atoms with Crippen molar-refractivity contribution in [3.05, 3.63) is 41.1 Å². The summed E-state index contributed by atoms with van der Waals surface area (Å²) < 4.78 is 5.28. The minimum atomic E-state index is -0.595. The van der Waals surface area contributed by atoms with Gasteiger partial charge in [0.25, 0.3) is 0 Å². The van der Waals surface area contributed by atoms with E-state index in [4.69, 9.17) is 4.74 Å². The van der Waals surface area contributed by atoms with E-state index in [1.165, 1.54) is 6.42 Å². The fourth-order valence-corrected chi connectivity index (χ4v) is 4.37. The van der Waals surface area contributed by atoms with Crippen LogP contribution < -0.4 is 10.6 Å². The van der Waals surface area contributed by atoms with Crippen LogP contribution in [0.4, 0.5) is 10.5 Å². The summed E-state index contributed by atoms with van der Waals surface area (Å²) in [6.45, 7) is 6.32. The first-order valence-corrected chi connectivity index (χ1v) is 11.3. The summed E-state index contributed by atoms with van der Waals surface area (Å²) in [6.07, 6.45) is 6.09. The van der Waals surface area contributed by atoms with E-state index in [1.807, 2.05) is 31.2 Å². The number of amides is 3. The number of allylic oxidation sites excluding steroid dienone is 1. The highest BCUT2D eigenvalue weighted by atomic mass is 16.5. The minimum absolute atomic E-state index is 0.0663. The Bertz CT molecular complexity index is 841. The number of rotatable bonds is 7. The molecule has 7 heteroatoms. The molecular weight excluding hydrogens is 394 g/mol. The molecule has 1 atom stereocenters. The van der Waals surface area contributed by atoms with E-state index in [1.54, 1.807) is 18.7 Å². The second kappa shape index (κ2) is 10.5. The summed E-state index contributed by atoms with van der Waals surface area (Å²) in [7, 11) is 0. The third kappa shape index (κ3) is 5.27. The Labute approximate surface area is 184 Å². The van der Waals surface area contributed by atoms with Gasteiger partial charge in [-0.3, -0.25) is 9.69 Å². The zero-order chi connectivity index (χ0) is 22.4. The minimum Gasteiger partial charge on any atom is -0.463 e. The van der Waals surface area contributed by atoms with Crippen molar-refractivity contribution in [2.45, 2.75) is 65.3 Å². The Balaban J connectivity index is 1.81. The van der Waals surface area contributed by atoms with Crippen molar-refractivity contribution in [3.63, 3.8) is 0 Å². The predicted molar refractivity (Wildman–Crippen MR) is 119 cm³/mol. The lowest BCUT2D eigenvalue weighted by Gasteiger charge is -2.35. The molecule has 0 spiro atoms. The lowest BCUT2D eigenvalue weighted by atomic mass is 9.88. The second-order valence-corrected chi connectivity index (χ2v) is 8.20. The first-order valence-electron chi connectivity index (χ1n) is 11.3. The van der Waals surface area contributed by atoms with Crippen LogP contribution in [0.5, 0.6) is 0 Å². The van der Waals surface area contributed by atoms with Gasteiger partial charge in [-0.05, 0) is 50.8 Å². The molecule has 2 aliphatic rings. The van der Waals surface area contributed by atoms with Crippen LogP contribution in [0.15, 0.2) is 35.5 Å². The van der Waals surface area contributed by atoms with E-state index in [0.29, 0.717) is 23.5 Å². The Morgan fingerprint density at radius 1 is 1.13 bits per heavy atom. The zero-order valence-corrected chi connectivity index (χ0v) is 18.7. The van der Waals surface area contributed by atoms with Crippen molar-refractivity contribution in [3.8, 4) is 0 Å². The molecule has 0 radical (unpaired) electrons. The van der Waals surface area contributed by atoms with Gasteiger partial charge in [0.15, 0.2) is 0 Å². The van der Waals surface area contributed by atoms with Gasteiger partial charge < -0.3 is 15.4 Å². The Morgan fingerprint density at radius 3 is 2.42 bits per heavy atom. The van der Waals surface area contributed by atoms with Crippen LogP contribution in [-0.4, -0.2) is 36.0 Å². The molecule has 0 bridgehead atoms. The monoisotopic (exact) mass is 427 g/mol. The molecule has 1 fully saturated rings. The maximum Gasteiger partial charge on any atom is 0.338 e. The molecule has 3 rings (SSSR count). The number of anilines is 1. The Morgan fingerprint density at radius 2 is 1.81 bits per heavy atom. The summed E-state index contributed by atoms with van der Waals surface area (Å²) in [5.74, 6) is -0.283. The Kier molecular flexibility index (Phi) is 7.71. The number of nitrogens with one attached hydrogen (secondary N) is 2. The van der Waals surface area contributed by atoms with Gasteiger partial charge in [-0.2, -0.15) is 0 Å². The van der Waals surface area contributed by atoms with Crippen LogP contribution in [0.1, 0.15) is 70.9 Å². The van der Waals surface area contributed by atoms with Gasteiger partial charge >= 0.3 is 12.0 Å². The topological polar surface area (TPSA) is 87.7 Å². The number of esters is 1. The number of nitrogens with zero attached hydrogens (tertiary/aromatic N) is 1. The van der Waals surface area contributed by atoms with E-state index in [9.17, 15) is 14.4 Å². The Hall–Kier alpha value is -2.83. The molecule has 2 N–H and O–H groups in total. The van der Waals surface area contributed by atoms with Gasteiger partial charge in [0.2, 0.25) is 5.91 Å². The molecule has 168 valence electrons. The van der Waals surface area contributed by atoms with E-state index in [2.05, 4.69) is 10.6 Å². The maximum atomic E-state index is 12.7. The van der Waals surface area contributed by atoms with E-state index < -0.39 is 12.0 Å². The van der Waals surface area contributed by atoms with E-state index >= 15 is 0 Å². The summed E-state index contributed by atoms with van der Waals surface area (Å²) >= 11 is 0. The largest absolute Gasteiger partial charge is 0.463 e. The molecule has 1 aromatic carbocycles. The van der Waals surface area contributed by atoms with Crippen molar-refractivity contribution in [2.24, 2.45) is 5.92 Å². The molecule has 1 aromatic rings. The van der Waals surface area contributed by atoms with Gasteiger partial charge in [-0.15, -0.1) is 0 Å². The van der Waals surface area contributed by atoms with Crippen LogP contribution in [0.3, 0.4) is 0 Å². The summed E-state index contributed by atoms with van der Waals surface area (Å²) in [4.78, 5) is 39.5. The lowest BCUT2D eigenvalue weighted by molar-refractivity contribution is -0.139. The van der Waals surface area contributed by atoms with Crippen LogP contribution in [0.2, 0.25) is 0 Å². The van der Waals surface area contributed by atoms with Gasteiger partial charge in [0.1, 0.15) is 0 Å². The van der Waals surface area contributed by atoms with Crippen LogP contribution in [0, 0.1) is 5.92 Å². The quantitative estimate of drug-likeness (QED) is 0.627. The number of benzene rings is 1. The zero-order valence-electron chi connectivity index (χ0n) is 18.7. The molecule has 0 aromatic heterocycles. The smallest absolute Gasteiger partial charge is 0.338 e. The van der Waals surface area contributed by atoms with Crippen molar-refractivity contribution < 1.29 is 19.1 Å². The standard InChI is InChI=1S/C24H33N3O4/c1-4-15-27-16(3)20(23(29)31-5-2)21(26-24(27)30)17-11-13-19(14-12-17)25-22(28)18-9-7-6-8-10-18/h11-14,18,21H,4-10,15H2,1-3H3,(H,25,28)(H,26,30)/t21-/m0/s1. The lowest BCUT2D eigenvalue weighted by Crippen LogP contribution is -2.48. The average molecular weight is 428 g/mol. The van der Waals surface area contributed by atoms with Crippen LogP contribution >= 0.6 is 0 Å². The maximum absolute atomic E-state index is 12.7. The molecule has 1 heterocycles. The van der Waals surface area contributed by atoms with Gasteiger partial charge in [-0.25, -0.2) is 9.59 Å². The second-order valence-electron chi connectivity index (χ2n) is 8.20.